The summed E-state index contributed by atoms with van der Waals surface area (Å²) in [5, 5.41) is 0.948. The number of hydrogen-bond acceptors (Lipinski definition) is 2. The van der Waals surface area contributed by atoms with Crippen molar-refractivity contribution in [1.82, 2.24) is 9.88 Å². The summed E-state index contributed by atoms with van der Waals surface area (Å²) in [6.45, 7) is 0.111. The Hall–Kier alpha value is -2.30. The largest absolute Gasteiger partial charge is 0.361 e. The molecule has 1 saturated heterocycles. The molecule has 0 bridgehead atoms. The zero-order valence-electron chi connectivity index (χ0n) is 9.30. The number of anilines is 1. The first-order valence-corrected chi connectivity index (χ1v) is 5.32. The third kappa shape index (κ3) is 1.32. The molecule has 1 aliphatic heterocycles. The molecule has 0 unspecified atom stereocenters. The van der Waals surface area contributed by atoms with Gasteiger partial charge in [0.1, 0.15) is 6.54 Å². The van der Waals surface area contributed by atoms with Crippen molar-refractivity contribution in [3.8, 4) is 0 Å². The van der Waals surface area contributed by atoms with Gasteiger partial charge in [-0.25, -0.2) is 4.79 Å². The van der Waals surface area contributed by atoms with E-state index in [1.165, 1.54) is 11.9 Å². The Labute approximate surface area is 97.6 Å². The van der Waals surface area contributed by atoms with Crippen LogP contribution in [-0.2, 0) is 4.79 Å². The zero-order valence-corrected chi connectivity index (χ0v) is 9.30. The maximum absolute atomic E-state index is 11.9. The number of aromatic amines is 1. The highest BCUT2D eigenvalue weighted by atomic mass is 16.2. The summed E-state index contributed by atoms with van der Waals surface area (Å²) in [6.07, 6.45) is 1.82. The summed E-state index contributed by atoms with van der Waals surface area (Å²) < 4.78 is 0. The fraction of sp³-hybridized carbons (Fsp3) is 0.167. The number of carbonyl (C=O) groups excluding carboxylic acids is 2. The van der Waals surface area contributed by atoms with Gasteiger partial charge in [0.2, 0.25) is 5.91 Å². The normalized spacial score (nSPS) is 16.3. The maximum Gasteiger partial charge on any atom is 0.331 e. The number of imide groups is 1. The molecule has 5 nitrogen and oxygen atoms in total. The van der Waals surface area contributed by atoms with Crippen LogP contribution in [-0.4, -0.2) is 35.4 Å². The van der Waals surface area contributed by atoms with E-state index in [1.807, 2.05) is 30.5 Å². The standard InChI is InChI=1S/C12H11N3O2/c1-14-11(16)7-15(12(14)17)10-4-2-3-9-8(10)5-6-13-9/h2-6,13H,7H2,1H3. The molecule has 1 fully saturated rings. The van der Waals surface area contributed by atoms with Crippen LogP contribution in [0.25, 0.3) is 10.9 Å². The van der Waals surface area contributed by atoms with Crippen molar-refractivity contribution in [2.75, 3.05) is 18.5 Å². The van der Waals surface area contributed by atoms with Crippen LogP contribution in [0.15, 0.2) is 30.5 Å². The molecule has 5 heteroatoms. The van der Waals surface area contributed by atoms with Crippen LogP contribution in [0.1, 0.15) is 0 Å². The van der Waals surface area contributed by atoms with Crippen LogP contribution in [0.5, 0.6) is 0 Å². The molecule has 1 aromatic carbocycles. The molecule has 1 aromatic heterocycles. The van der Waals surface area contributed by atoms with Gasteiger partial charge < -0.3 is 4.98 Å². The van der Waals surface area contributed by atoms with E-state index in [4.69, 9.17) is 0 Å². The Bertz CT molecular complexity index is 617. The predicted molar refractivity (Wildman–Crippen MR) is 63.8 cm³/mol. The SMILES string of the molecule is CN1C(=O)CN(c2cccc3[nH]ccc23)C1=O. The monoisotopic (exact) mass is 229 g/mol. The molecular formula is C12H11N3O2. The van der Waals surface area contributed by atoms with Crippen LogP contribution in [0.3, 0.4) is 0 Å². The number of fused-ring (bicyclic) bond motifs is 1. The fourth-order valence-corrected chi connectivity index (χ4v) is 2.09. The first-order valence-electron chi connectivity index (χ1n) is 5.32. The molecule has 2 heterocycles. The van der Waals surface area contributed by atoms with Gasteiger partial charge in [-0.3, -0.25) is 14.6 Å². The van der Waals surface area contributed by atoms with Gasteiger partial charge in [0.25, 0.3) is 0 Å². The molecule has 0 aliphatic carbocycles. The number of likely N-dealkylation sites (N-methyl/N-ethyl adjacent to an activating group) is 1. The van der Waals surface area contributed by atoms with Gasteiger partial charge in [0, 0.05) is 24.1 Å². The predicted octanol–water partition coefficient (Wildman–Crippen LogP) is 1.57. The molecular weight excluding hydrogens is 218 g/mol. The zero-order chi connectivity index (χ0) is 12.0. The van der Waals surface area contributed by atoms with E-state index in [0.717, 1.165) is 21.5 Å². The lowest BCUT2D eigenvalue weighted by Gasteiger charge is -2.15. The number of nitrogens with zero attached hydrogens (tertiary/aromatic N) is 2. The van der Waals surface area contributed by atoms with E-state index in [9.17, 15) is 9.59 Å². The van der Waals surface area contributed by atoms with Crippen LogP contribution in [0.2, 0.25) is 0 Å². The fourth-order valence-electron chi connectivity index (χ4n) is 2.09. The molecule has 3 rings (SSSR count). The number of urea groups is 1. The molecule has 3 amide bonds. The van der Waals surface area contributed by atoms with E-state index in [1.54, 1.807) is 0 Å². The van der Waals surface area contributed by atoms with Gasteiger partial charge in [-0.05, 0) is 18.2 Å². The van der Waals surface area contributed by atoms with Gasteiger partial charge in [-0.1, -0.05) is 6.07 Å². The molecule has 17 heavy (non-hydrogen) atoms. The number of carbonyl (C=O) groups is 2. The van der Waals surface area contributed by atoms with Gasteiger partial charge >= 0.3 is 6.03 Å². The number of H-pyrrole nitrogens is 1. The number of rotatable bonds is 1. The van der Waals surface area contributed by atoms with Crippen molar-refractivity contribution in [2.45, 2.75) is 0 Å². The average Bonchev–Trinajstić information content (AvgIpc) is 2.89. The quantitative estimate of drug-likeness (QED) is 0.754. The molecule has 0 radical (unpaired) electrons. The summed E-state index contributed by atoms with van der Waals surface area (Å²) >= 11 is 0. The number of amides is 3. The van der Waals surface area contributed by atoms with Crippen molar-refractivity contribution >= 4 is 28.5 Å². The number of aromatic nitrogens is 1. The van der Waals surface area contributed by atoms with Crippen LogP contribution >= 0.6 is 0 Å². The molecule has 86 valence electrons. The van der Waals surface area contributed by atoms with Crippen LogP contribution in [0, 0.1) is 0 Å². The lowest BCUT2D eigenvalue weighted by molar-refractivity contribution is -0.123. The van der Waals surface area contributed by atoms with E-state index >= 15 is 0 Å². The molecule has 0 saturated carbocycles. The molecule has 2 aromatic rings. The second-order valence-corrected chi connectivity index (χ2v) is 4.04. The molecule has 0 spiro atoms. The van der Waals surface area contributed by atoms with Gasteiger partial charge in [0.05, 0.1) is 5.69 Å². The maximum atomic E-state index is 11.9. The van der Waals surface area contributed by atoms with Gasteiger partial charge in [-0.2, -0.15) is 0 Å². The van der Waals surface area contributed by atoms with Gasteiger partial charge in [-0.15, -0.1) is 0 Å². The smallest absolute Gasteiger partial charge is 0.331 e. The first-order chi connectivity index (χ1) is 8.18. The Kier molecular flexibility index (Phi) is 1.95. The second-order valence-electron chi connectivity index (χ2n) is 4.04. The first kappa shape index (κ1) is 9.89. The van der Waals surface area contributed by atoms with E-state index in [-0.39, 0.29) is 18.5 Å². The van der Waals surface area contributed by atoms with Crippen molar-refractivity contribution in [1.29, 1.82) is 0 Å². The summed E-state index contributed by atoms with van der Waals surface area (Å²) in [7, 11) is 1.50. The highest BCUT2D eigenvalue weighted by Crippen LogP contribution is 2.28. The number of hydrogen-bond donors (Lipinski definition) is 1. The van der Waals surface area contributed by atoms with E-state index < -0.39 is 0 Å². The Morgan fingerprint density at radius 2 is 2.06 bits per heavy atom. The minimum absolute atomic E-state index is 0.111. The van der Waals surface area contributed by atoms with Gasteiger partial charge in [0.15, 0.2) is 0 Å². The average molecular weight is 229 g/mol. The number of nitrogens with one attached hydrogen (secondary N) is 1. The third-order valence-corrected chi connectivity index (χ3v) is 3.05. The van der Waals surface area contributed by atoms with Crippen LogP contribution < -0.4 is 4.90 Å². The summed E-state index contributed by atoms with van der Waals surface area (Å²) in [4.78, 5) is 29.1. The Morgan fingerprint density at radius 1 is 1.24 bits per heavy atom. The van der Waals surface area contributed by atoms with E-state index in [2.05, 4.69) is 4.98 Å². The van der Waals surface area contributed by atoms with Crippen molar-refractivity contribution < 1.29 is 9.59 Å². The molecule has 1 aliphatic rings. The lowest BCUT2D eigenvalue weighted by Crippen LogP contribution is -2.29. The molecule has 0 atom stereocenters. The minimum atomic E-state index is -0.274. The summed E-state index contributed by atoms with van der Waals surface area (Å²) in [6, 6.07) is 7.28. The second kappa shape index (κ2) is 3.35. The summed E-state index contributed by atoms with van der Waals surface area (Å²) in [5.74, 6) is -0.178. The van der Waals surface area contributed by atoms with Crippen molar-refractivity contribution in [3.63, 3.8) is 0 Å². The van der Waals surface area contributed by atoms with Crippen molar-refractivity contribution in [2.24, 2.45) is 0 Å². The Balaban J connectivity index is 2.13. The van der Waals surface area contributed by atoms with Crippen molar-refractivity contribution in [3.05, 3.63) is 30.5 Å². The highest BCUT2D eigenvalue weighted by molar-refractivity contribution is 6.14. The lowest BCUT2D eigenvalue weighted by atomic mass is 10.2. The topological polar surface area (TPSA) is 56.4 Å². The highest BCUT2D eigenvalue weighted by Gasteiger charge is 2.34. The minimum Gasteiger partial charge on any atom is -0.361 e. The summed E-state index contributed by atoms with van der Waals surface area (Å²) in [5.41, 5.74) is 1.73. The Morgan fingerprint density at radius 3 is 2.76 bits per heavy atom. The van der Waals surface area contributed by atoms with E-state index in [0.29, 0.717) is 0 Å². The number of benzene rings is 1. The third-order valence-electron chi connectivity index (χ3n) is 3.05. The molecule has 1 N–H and O–H groups in total. The van der Waals surface area contributed by atoms with Crippen LogP contribution in [0.4, 0.5) is 10.5 Å².